The minimum atomic E-state index is -3.98. The highest BCUT2D eigenvalue weighted by Crippen LogP contribution is 2.29. The average Bonchev–Trinajstić information content (AvgIpc) is 3.13. The van der Waals surface area contributed by atoms with Gasteiger partial charge in [-0.05, 0) is 36.4 Å². The Morgan fingerprint density at radius 2 is 1.78 bits per heavy atom. The molecule has 3 N–H and O–H groups in total. The van der Waals surface area contributed by atoms with Crippen LogP contribution in [0.1, 0.15) is 16.1 Å². The lowest BCUT2D eigenvalue weighted by atomic mass is 10.2. The summed E-state index contributed by atoms with van der Waals surface area (Å²) in [5.74, 6) is -0.621. The SMILES string of the molecule is COc1ccc(S(N)(=O)=O)cc1NC(=O)c1cc2ccccc2n1Cc1ccccc1F. The molecule has 4 rings (SSSR count). The van der Waals surface area contributed by atoms with Crippen LogP contribution in [-0.4, -0.2) is 26.0 Å². The third-order valence-corrected chi connectivity index (χ3v) is 5.99. The molecular formula is C23H20FN3O4S. The maximum atomic E-state index is 14.3. The molecule has 7 nitrogen and oxygen atoms in total. The fourth-order valence-electron chi connectivity index (χ4n) is 3.51. The van der Waals surface area contributed by atoms with Gasteiger partial charge in [0.15, 0.2) is 0 Å². The number of nitrogens with two attached hydrogens (primary N) is 1. The maximum absolute atomic E-state index is 14.3. The highest BCUT2D eigenvalue weighted by atomic mass is 32.2. The van der Waals surface area contributed by atoms with Crippen molar-refractivity contribution in [2.45, 2.75) is 11.4 Å². The minimum absolute atomic E-state index is 0.136. The van der Waals surface area contributed by atoms with Crippen molar-refractivity contribution in [3.8, 4) is 5.75 Å². The Labute approximate surface area is 184 Å². The van der Waals surface area contributed by atoms with E-state index in [1.807, 2.05) is 24.3 Å². The van der Waals surface area contributed by atoms with Gasteiger partial charge < -0.3 is 14.6 Å². The number of nitrogens with one attached hydrogen (secondary N) is 1. The van der Waals surface area contributed by atoms with Crippen molar-refractivity contribution in [1.82, 2.24) is 4.57 Å². The maximum Gasteiger partial charge on any atom is 0.272 e. The van der Waals surface area contributed by atoms with Crippen LogP contribution in [0.25, 0.3) is 10.9 Å². The van der Waals surface area contributed by atoms with Gasteiger partial charge in [-0.2, -0.15) is 0 Å². The number of aromatic nitrogens is 1. The zero-order valence-electron chi connectivity index (χ0n) is 17.1. The molecule has 0 fully saturated rings. The van der Waals surface area contributed by atoms with Crippen molar-refractivity contribution >= 4 is 32.5 Å². The van der Waals surface area contributed by atoms with Gasteiger partial charge >= 0.3 is 0 Å². The lowest BCUT2D eigenvalue weighted by molar-refractivity contribution is 0.101. The van der Waals surface area contributed by atoms with Crippen molar-refractivity contribution in [3.63, 3.8) is 0 Å². The smallest absolute Gasteiger partial charge is 0.272 e. The van der Waals surface area contributed by atoms with Crippen molar-refractivity contribution in [2.24, 2.45) is 5.14 Å². The molecule has 0 radical (unpaired) electrons. The first kappa shape index (κ1) is 21.5. The van der Waals surface area contributed by atoms with Gasteiger partial charge in [-0.15, -0.1) is 0 Å². The summed E-state index contributed by atoms with van der Waals surface area (Å²) in [6.07, 6.45) is 0. The minimum Gasteiger partial charge on any atom is -0.495 e. The first-order valence-corrected chi connectivity index (χ1v) is 11.2. The third-order valence-electron chi connectivity index (χ3n) is 5.08. The summed E-state index contributed by atoms with van der Waals surface area (Å²) in [6, 6.07) is 19.4. The Morgan fingerprint density at radius 1 is 1.06 bits per heavy atom. The Morgan fingerprint density at radius 3 is 2.50 bits per heavy atom. The average molecular weight is 453 g/mol. The summed E-state index contributed by atoms with van der Waals surface area (Å²) in [6.45, 7) is 0.136. The summed E-state index contributed by atoms with van der Waals surface area (Å²) < 4.78 is 44.7. The number of amides is 1. The van der Waals surface area contributed by atoms with Crippen molar-refractivity contribution in [1.29, 1.82) is 0 Å². The molecule has 9 heteroatoms. The number of halogens is 1. The van der Waals surface area contributed by atoms with Gasteiger partial charge in [0.05, 0.1) is 24.2 Å². The van der Waals surface area contributed by atoms with Crippen LogP contribution >= 0.6 is 0 Å². The van der Waals surface area contributed by atoms with E-state index in [1.54, 1.807) is 28.8 Å². The zero-order chi connectivity index (χ0) is 22.9. The van der Waals surface area contributed by atoms with Crippen LogP contribution in [0.3, 0.4) is 0 Å². The van der Waals surface area contributed by atoms with Gasteiger partial charge in [0.1, 0.15) is 17.3 Å². The van der Waals surface area contributed by atoms with Crippen LogP contribution in [0.15, 0.2) is 77.7 Å². The Balaban J connectivity index is 1.77. The Hall–Kier alpha value is -3.69. The van der Waals surface area contributed by atoms with Crippen LogP contribution in [0, 0.1) is 5.82 Å². The zero-order valence-corrected chi connectivity index (χ0v) is 17.9. The van der Waals surface area contributed by atoms with Crippen molar-refractivity contribution < 1.29 is 22.3 Å². The normalized spacial score (nSPS) is 11.5. The van der Waals surface area contributed by atoms with E-state index in [4.69, 9.17) is 9.88 Å². The monoisotopic (exact) mass is 453 g/mol. The number of hydrogen-bond acceptors (Lipinski definition) is 4. The Kier molecular flexibility index (Phi) is 5.68. The topological polar surface area (TPSA) is 103 Å². The second-order valence-electron chi connectivity index (χ2n) is 7.13. The first-order valence-electron chi connectivity index (χ1n) is 9.62. The summed E-state index contributed by atoms with van der Waals surface area (Å²) in [5, 5.41) is 8.71. The van der Waals surface area contributed by atoms with Crippen LogP contribution in [0.4, 0.5) is 10.1 Å². The van der Waals surface area contributed by atoms with E-state index in [-0.39, 0.29) is 34.4 Å². The predicted molar refractivity (Wildman–Crippen MR) is 120 cm³/mol. The predicted octanol–water partition coefficient (Wildman–Crippen LogP) is 3.74. The van der Waals surface area contributed by atoms with Gasteiger partial charge in [-0.3, -0.25) is 4.79 Å². The second-order valence-corrected chi connectivity index (χ2v) is 8.69. The molecule has 1 aromatic heterocycles. The summed E-state index contributed by atoms with van der Waals surface area (Å²) in [7, 11) is -2.58. The van der Waals surface area contributed by atoms with E-state index in [2.05, 4.69) is 5.32 Å². The number of hydrogen-bond donors (Lipinski definition) is 2. The first-order chi connectivity index (χ1) is 15.3. The quantitative estimate of drug-likeness (QED) is 0.464. The van der Waals surface area contributed by atoms with Gasteiger partial charge in [0.25, 0.3) is 5.91 Å². The summed E-state index contributed by atoms with van der Waals surface area (Å²) in [5.41, 5.74) is 1.60. The summed E-state index contributed by atoms with van der Waals surface area (Å²) >= 11 is 0. The molecule has 0 saturated heterocycles. The third kappa shape index (κ3) is 4.20. The van der Waals surface area contributed by atoms with E-state index in [0.717, 1.165) is 10.9 Å². The number of carbonyl (C=O) groups excluding carboxylic acids is 1. The number of ether oxygens (including phenoxy) is 1. The molecular weight excluding hydrogens is 433 g/mol. The molecule has 0 saturated carbocycles. The molecule has 4 aromatic rings. The van der Waals surface area contributed by atoms with E-state index in [0.29, 0.717) is 5.56 Å². The van der Waals surface area contributed by atoms with Gasteiger partial charge in [-0.25, -0.2) is 17.9 Å². The van der Waals surface area contributed by atoms with Gasteiger partial charge in [0, 0.05) is 16.5 Å². The molecule has 0 spiro atoms. The van der Waals surface area contributed by atoms with Crippen LogP contribution < -0.4 is 15.2 Å². The van der Waals surface area contributed by atoms with E-state index in [9.17, 15) is 17.6 Å². The number of primary sulfonamides is 1. The van der Waals surface area contributed by atoms with Crippen molar-refractivity contribution in [2.75, 3.05) is 12.4 Å². The van der Waals surface area contributed by atoms with Crippen LogP contribution in [-0.2, 0) is 16.6 Å². The molecule has 1 amide bonds. The highest BCUT2D eigenvalue weighted by Gasteiger charge is 2.20. The fraction of sp³-hybridized carbons (Fsp3) is 0.0870. The van der Waals surface area contributed by atoms with E-state index < -0.39 is 15.9 Å². The Bertz CT molecular complexity index is 1430. The van der Waals surface area contributed by atoms with E-state index in [1.165, 1.54) is 31.4 Å². The standard InChI is InChI=1S/C23H20FN3O4S/c1-31-22-11-10-17(32(25,29)30)13-19(22)26-23(28)21-12-15-6-3-5-9-20(15)27(21)14-16-7-2-4-8-18(16)24/h2-13H,14H2,1H3,(H,26,28)(H2,25,29,30). The van der Waals surface area contributed by atoms with Crippen molar-refractivity contribution in [3.05, 3.63) is 89.9 Å². The number of para-hydroxylation sites is 1. The molecule has 0 bridgehead atoms. The number of benzene rings is 3. The number of fused-ring (bicyclic) bond motifs is 1. The molecule has 1 heterocycles. The second kappa shape index (κ2) is 8.45. The van der Waals surface area contributed by atoms with Gasteiger partial charge in [-0.1, -0.05) is 36.4 Å². The molecule has 0 aliphatic rings. The molecule has 0 atom stereocenters. The summed E-state index contributed by atoms with van der Waals surface area (Å²) in [4.78, 5) is 13.1. The van der Waals surface area contributed by atoms with Crippen LogP contribution in [0.5, 0.6) is 5.75 Å². The molecule has 3 aromatic carbocycles. The number of methoxy groups -OCH3 is 1. The van der Waals surface area contributed by atoms with Crippen LogP contribution in [0.2, 0.25) is 0 Å². The lowest BCUT2D eigenvalue weighted by Gasteiger charge is -2.14. The number of nitrogens with zero attached hydrogens (tertiary/aromatic N) is 1. The molecule has 0 unspecified atom stereocenters. The largest absolute Gasteiger partial charge is 0.495 e. The van der Waals surface area contributed by atoms with Gasteiger partial charge in [0.2, 0.25) is 10.0 Å². The fourth-order valence-corrected chi connectivity index (χ4v) is 4.05. The molecule has 164 valence electrons. The molecule has 32 heavy (non-hydrogen) atoms. The number of rotatable bonds is 6. The number of anilines is 1. The highest BCUT2D eigenvalue weighted by molar-refractivity contribution is 7.89. The number of carbonyl (C=O) groups is 1. The van der Waals surface area contributed by atoms with E-state index >= 15 is 0 Å². The lowest BCUT2D eigenvalue weighted by Crippen LogP contribution is -2.19. The number of sulfonamides is 1. The molecule has 0 aliphatic heterocycles. The molecule has 0 aliphatic carbocycles.